The van der Waals surface area contributed by atoms with Crippen LogP contribution in [0, 0.1) is 0 Å². The highest BCUT2D eigenvalue weighted by molar-refractivity contribution is 5.56. The van der Waals surface area contributed by atoms with Crippen molar-refractivity contribution in [2.75, 3.05) is 5.32 Å². The molecule has 0 amide bonds. The standard InChI is InChI=1S/C22H20F3N7O/c1-14(2)33-18-5-3-16(4-6-18)21-28-10-15(11-29-21)9-27-17-7-19(22(23,24)25)31-20(8-17)32-13-26-12-30-32/h3-8,10-14H,9H2,1-2H3,(H,27,31). The number of rotatable bonds is 7. The second-order valence-corrected chi connectivity index (χ2v) is 7.40. The van der Waals surface area contributed by atoms with Crippen LogP contribution >= 0.6 is 0 Å². The Morgan fingerprint density at radius 2 is 1.79 bits per heavy atom. The number of aromatic nitrogens is 6. The highest BCUT2D eigenvalue weighted by Crippen LogP contribution is 2.30. The molecule has 4 aromatic rings. The highest BCUT2D eigenvalue weighted by atomic mass is 19.4. The molecule has 33 heavy (non-hydrogen) atoms. The van der Waals surface area contributed by atoms with Crippen molar-refractivity contribution < 1.29 is 17.9 Å². The maximum Gasteiger partial charge on any atom is 0.433 e. The van der Waals surface area contributed by atoms with Gasteiger partial charge in [0.25, 0.3) is 0 Å². The first-order valence-electron chi connectivity index (χ1n) is 10.0. The summed E-state index contributed by atoms with van der Waals surface area (Å²) in [5.41, 5.74) is 0.723. The molecule has 0 spiro atoms. The Balaban J connectivity index is 1.47. The average Bonchev–Trinajstić information content (AvgIpc) is 3.33. The zero-order valence-electron chi connectivity index (χ0n) is 17.8. The van der Waals surface area contributed by atoms with Gasteiger partial charge in [0.05, 0.1) is 6.10 Å². The molecule has 0 bridgehead atoms. The van der Waals surface area contributed by atoms with Crippen LogP contribution in [-0.2, 0) is 12.7 Å². The zero-order valence-corrected chi connectivity index (χ0v) is 17.8. The van der Waals surface area contributed by atoms with E-state index in [0.29, 0.717) is 11.4 Å². The molecule has 0 radical (unpaired) electrons. The number of ether oxygens (including phenoxy) is 1. The number of nitrogens with zero attached hydrogens (tertiary/aromatic N) is 6. The van der Waals surface area contributed by atoms with Crippen LogP contribution in [0.2, 0.25) is 0 Å². The second kappa shape index (κ2) is 9.23. The zero-order chi connectivity index (χ0) is 23.4. The number of pyridine rings is 1. The fourth-order valence-corrected chi connectivity index (χ4v) is 2.96. The van der Waals surface area contributed by atoms with Crippen LogP contribution in [0.1, 0.15) is 25.1 Å². The van der Waals surface area contributed by atoms with Gasteiger partial charge in [0.2, 0.25) is 0 Å². The van der Waals surface area contributed by atoms with Gasteiger partial charge in [0, 0.05) is 41.8 Å². The third kappa shape index (κ3) is 5.62. The minimum absolute atomic E-state index is 0.00122. The summed E-state index contributed by atoms with van der Waals surface area (Å²) in [5, 5.41) is 6.81. The van der Waals surface area contributed by atoms with Gasteiger partial charge < -0.3 is 10.1 Å². The molecule has 1 N–H and O–H groups in total. The lowest BCUT2D eigenvalue weighted by atomic mass is 10.2. The van der Waals surface area contributed by atoms with Crippen LogP contribution < -0.4 is 10.1 Å². The van der Waals surface area contributed by atoms with Crippen molar-refractivity contribution in [3.8, 4) is 23.0 Å². The summed E-state index contributed by atoms with van der Waals surface area (Å²) in [4.78, 5) is 16.1. The first-order valence-corrected chi connectivity index (χ1v) is 10.0. The highest BCUT2D eigenvalue weighted by Gasteiger charge is 2.33. The number of hydrogen-bond acceptors (Lipinski definition) is 7. The van der Waals surface area contributed by atoms with Gasteiger partial charge in [-0.05, 0) is 44.2 Å². The molecule has 0 saturated heterocycles. The molecule has 8 nitrogen and oxygen atoms in total. The lowest BCUT2D eigenvalue weighted by Gasteiger charge is -2.13. The van der Waals surface area contributed by atoms with Crippen LogP contribution in [0.3, 0.4) is 0 Å². The summed E-state index contributed by atoms with van der Waals surface area (Å²) in [5.74, 6) is 1.29. The van der Waals surface area contributed by atoms with E-state index in [1.807, 2.05) is 38.1 Å². The monoisotopic (exact) mass is 455 g/mol. The third-order valence-electron chi connectivity index (χ3n) is 4.44. The first-order chi connectivity index (χ1) is 15.8. The predicted octanol–water partition coefficient (Wildman–Crippen LogP) is 4.54. The molecule has 0 aliphatic heterocycles. The summed E-state index contributed by atoms with van der Waals surface area (Å²) >= 11 is 0. The Morgan fingerprint density at radius 3 is 2.39 bits per heavy atom. The van der Waals surface area contributed by atoms with Crippen LogP contribution in [0.15, 0.2) is 61.4 Å². The van der Waals surface area contributed by atoms with E-state index in [1.54, 1.807) is 12.4 Å². The van der Waals surface area contributed by atoms with E-state index in [4.69, 9.17) is 4.74 Å². The molecule has 11 heteroatoms. The van der Waals surface area contributed by atoms with Gasteiger partial charge in [0.15, 0.2) is 11.6 Å². The number of alkyl halides is 3. The molecular weight excluding hydrogens is 435 g/mol. The molecule has 0 aliphatic rings. The third-order valence-corrected chi connectivity index (χ3v) is 4.44. The maximum absolute atomic E-state index is 13.3. The minimum atomic E-state index is -4.60. The van der Waals surface area contributed by atoms with Crippen molar-refractivity contribution in [3.63, 3.8) is 0 Å². The molecule has 3 aromatic heterocycles. The van der Waals surface area contributed by atoms with Crippen molar-refractivity contribution in [2.45, 2.75) is 32.7 Å². The van der Waals surface area contributed by atoms with E-state index in [1.165, 1.54) is 18.7 Å². The Kier molecular flexibility index (Phi) is 6.20. The van der Waals surface area contributed by atoms with E-state index in [9.17, 15) is 13.2 Å². The molecule has 1 aromatic carbocycles. The summed E-state index contributed by atoms with van der Waals surface area (Å²) in [6.07, 6.45) is 1.22. The van der Waals surface area contributed by atoms with Crippen LogP contribution in [0.4, 0.5) is 18.9 Å². The van der Waals surface area contributed by atoms with Gasteiger partial charge in [-0.25, -0.2) is 24.6 Å². The lowest BCUT2D eigenvalue weighted by Crippen LogP contribution is -2.12. The molecule has 170 valence electrons. The molecular formula is C22H20F3N7O. The number of anilines is 1. The normalized spacial score (nSPS) is 11.6. The lowest BCUT2D eigenvalue weighted by molar-refractivity contribution is -0.141. The summed E-state index contributed by atoms with van der Waals surface area (Å²) < 4.78 is 46.6. The Morgan fingerprint density at radius 1 is 1.06 bits per heavy atom. The smallest absolute Gasteiger partial charge is 0.433 e. The van der Waals surface area contributed by atoms with Crippen LogP contribution in [0.5, 0.6) is 5.75 Å². The molecule has 4 rings (SSSR count). The second-order valence-electron chi connectivity index (χ2n) is 7.40. The van der Waals surface area contributed by atoms with Crippen molar-refractivity contribution in [3.05, 3.63) is 72.7 Å². The predicted molar refractivity (Wildman–Crippen MR) is 115 cm³/mol. The van der Waals surface area contributed by atoms with Gasteiger partial charge in [-0.1, -0.05) is 0 Å². The van der Waals surface area contributed by atoms with Gasteiger partial charge in [-0.2, -0.15) is 18.3 Å². The van der Waals surface area contributed by atoms with Gasteiger partial charge in [0.1, 0.15) is 24.1 Å². The van der Waals surface area contributed by atoms with Gasteiger partial charge >= 0.3 is 6.18 Å². The minimum Gasteiger partial charge on any atom is -0.491 e. The molecule has 0 fully saturated rings. The van der Waals surface area contributed by atoms with E-state index < -0.39 is 11.9 Å². The van der Waals surface area contributed by atoms with E-state index in [2.05, 4.69) is 30.4 Å². The topological polar surface area (TPSA) is 90.6 Å². The van der Waals surface area contributed by atoms with Crippen molar-refractivity contribution in [2.24, 2.45) is 0 Å². The first kappa shape index (κ1) is 22.2. The van der Waals surface area contributed by atoms with Crippen molar-refractivity contribution in [1.29, 1.82) is 0 Å². The Labute approximate surface area is 187 Å². The van der Waals surface area contributed by atoms with Gasteiger partial charge in [-0.3, -0.25) is 0 Å². The Hall–Kier alpha value is -4.02. The average molecular weight is 455 g/mol. The molecule has 0 aliphatic carbocycles. The number of hydrogen-bond donors (Lipinski definition) is 1. The van der Waals surface area contributed by atoms with E-state index in [-0.39, 0.29) is 24.2 Å². The van der Waals surface area contributed by atoms with Gasteiger partial charge in [-0.15, -0.1) is 0 Å². The van der Waals surface area contributed by atoms with E-state index >= 15 is 0 Å². The van der Waals surface area contributed by atoms with Crippen LogP contribution in [0.25, 0.3) is 17.2 Å². The van der Waals surface area contributed by atoms with Crippen LogP contribution in [-0.4, -0.2) is 35.8 Å². The SMILES string of the molecule is CC(C)Oc1ccc(-c2ncc(CNc3cc(-n4cncn4)nc(C(F)(F)F)c3)cn2)cc1. The fraction of sp³-hybridized carbons (Fsp3) is 0.227. The fourth-order valence-electron chi connectivity index (χ4n) is 2.96. The molecule has 0 unspecified atom stereocenters. The Bertz CT molecular complexity index is 1190. The van der Waals surface area contributed by atoms with Crippen molar-refractivity contribution in [1.82, 2.24) is 29.7 Å². The van der Waals surface area contributed by atoms with Crippen molar-refractivity contribution >= 4 is 5.69 Å². The summed E-state index contributed by atoms with van der Waals surface area (Å²) in [6, 6.07) is 9.83. The molecule has 0 atom stereocenters. The number of nitrogens with one attached hydrogen (secondary N) is 1. The molecule has 0 saturated carbocycles. The largest absolute Gasteiger partial charge is 0.491 e. The molecule has 3 heterocycles. The summed E-state index contributed by atoms with van der Waals surface area (Å²) in [6.45, 7) is 4.13. The van der Waals surface area contributed by atoms with E-state index in [0.717, 1.165) is 22.1 Å². The quantitative estimate of drug-likeness (QED) is 0.438. The maximum atomic E-state index is 13.3. The summed E-state index contributed by atoms with van der Waals surface area (Å²) in [7, 11) is 0. The number of benzene rings is 1. The number of halogens is 3.